The number of ether oxygens (including phenoxy) is 1. The number of fused-ring (bicyclic) bond motifs is 1. The molecular weight excluding hydrogens is 390 g/mol. The van der Waals surface area contributed by atoms with Crippen LogP contribution in [0.1, 0.15) is 20.8 Å². The number of rotatable bonds is 5. The van der Waals surface area contributed by atoms with Crippen molar-refractivity contribution in [2.45, 2.75) is 13.5 Å². The second-order valence-corrected chi connectivity index (χ2v) is 7.88. The first kappa shape index (κ1) is 18.5. The highest BCUT2D eigenvalue weighted by Crippen LogP contribution is 2.24. The SMILES string of the molecule is Cc1ccc(Cl)cc1NC(=O)c1cc(COc2ccc3ccccc3c2)cs1. The molecule has 4 aromatic rings. The molecular formula is C23H18ClNO2S. The fourth-order valence-electron chi connectivity index (χ4n) is 2.91. The van der Waals surface area contributed by atoms with Crippen molar-refractivity contribution in [3.63, 3.8) is 0 Å². The Morgan fingerprint density at radius 1 is 1.04 bits per heavy atom. The molecule has 140 valence electrons. The van der Waals surface area contributed by atoms with Crippen molar-refractivity contribution in [3.05, 3.63) is 93.1 Å². The summed E-state index contributed by atoms with van der Waals surface area (Å²) in [6, 6.07) is 21.5. The smallest absolute Gasteiger partial charge is 0.265 e. The molecule has 0 aliphatic rings. The highest BCUT2D eigenvalue weighted by Gasteiger charge is 2.11. The lowest BCUT2D eigenvalue weighted by molar-refractivity contribution is 0.103. The highest BCUT2D eigenvalue weighted by molar-refractivity contribution is 7.12. The largest absolute Gasteiger partial charge is 0.489 e. The minimum Gasteiger partial charge on any atom is -0.489 e. The van der Waals surface area contributed by atoms with Crippen LogP contribution in [0.2, 0.25) is 5.02 Å². The summed E-state index contributed by atoms with van der Waals surface area (Å²) in [6.45, 7) is 2.35. The molecule has 0 saturated heterocycles. The van der Waals surface area contributed by atoms with Crippen LogP contribution < -0.4 is 10.1 Å². The maximum Gasteiger partial charge on any atom is 0.265 e. The van der Waals surface area contributed by atoms with E-state index in [-0.39, 0.29) is 5.91 Å². The lowest BCUT2D eigenvalue weighted by Gasteiger charge is -2.08. The van der Waals surface area contributed by atoms with E-state index in [1.54, 1.807) is 12.1 Å². The summed E-state index contributed by atoms with van der Waals surface area (Å²) in [4.78, 5) is 13.2. The van der Waals surface area contributed by atoms with Gasteiger partial charge in [-0.05, 0) is 59.0 Å². The van der Waals surface area contributed by atoms with Crippen LogP contribution in [0.4, 0.5) is 5.69 Å². The number of benzene rings is 3. The molecule has 1 N–H and O–H groups in total. The number of aryl methyl sites for hydroxylation is 1. The molecule has 0 atom stereocenters. The van der Waals surface area contributed by atoms with Gasteiger partial charge in [-0.2, -0.15) is 0 Å². The molecule has 0 spiro atoms. The molecule has 5 heteroatoms. The van der Waals surface area contributed by atoms with Crippen molar-refractivity contribution in [3.8, 4) is 5.75 Å². The summed E-state index contributed by atoms with van der Waals surface area (Å²) in [6.07, 6.45) is 0. The normalized spacial score (nSPS) is 10.8. The average Bonchev–Trinajstić information content (AvgIpc) is 3.18. The zero-order chi connectivity index (χ0) is 19.5. The van der Waals surface area contributed by atoms with Gasteiger partial charge in [0, 0.05) is 16.3 Å². The summed E-state index contributed by atoms with van der Waals surface area (Å²) in [7, 11) is 0. The molecule has 28 heavy (non-hydrogen) atoms. The predicted octanol–water partition coefficient (Wildman–Crippen LogP) is 6.69. The molecule has 3 nitrogen and oxygen atoms in total. The molecule has 0 radical (unpaired) electrons. The monoisotopic (exact) mass is 407 g/mol. The van der Waals surface area contributed by atoms with Crippen LogP contribution in [0.3, 0.4) is 0 Å². The van der Waals surface area contributed by atoms with E-state index in [9.17, 15) is 4.79 Å². The lowest BCUT2D eigenvalue weighted by Crippen LogP contribution is -2.11. The summed E-state index contributed by atoms with van der Waals surface area (Å²) < 4.78 is 5.90. The van der Waals surface area contributed by atoms with Gasteiger partial charge >= 0.3 is 0 Å². The Morgan fingerprint density at radius 2 is 1.86 bits per heavy atom. The third-order valence-corrected chi connectivity index (χ3v) is 5.66. The number of nitrogens with one attached hydrogen (secondary N) is 1. The first-order valence-electron chi connectivity index (χ1n) is 8.85. The van der Waals surface area contributed by atoms with E-state index in [1.807, 2.05) is 54.8 Å². The third kappa shape index (κ3) is 4.19. The lowest BCUT2D eigenvalue weighted by atomic mass is 10.1. The first-order valence-corrected chi connectivity index (χ1v) is 10.1. The highest BCUT2D eigenvalue weighted by atomic mass is 35.5. The fraction of sp³-hybridized carbons (Fsp3) is 0.0870. The van der Waals surface area contributed by atoms with Crippen LogP contribution >= 0.6 is 22.9 Å². The first-order chi connectivity index (χ1) is 13.6. The quantitative estimate of drug-likeness (QED) is 0.400. The zero-order valence-electron chi connectivity index (χ0n) is 15.2. The van der Waals surface area contributed by atoms with E-state index in [1.165, 1.54) is 16.7 Å². The Hall–Kier alpha value is -2.82. The molecule has 0 aliphatic heterocycles. The molecule has 0 aliphatic carbocycles. The molecule has 1 heterocycles. The van der Waals surface area contributed by atoms with Crippen molar-refractivity contribution in [1.82, 2.24) is 0 Å². The van der Waals surface area contributed by atoms with Crippen molar-refractivity contribution >= 4 is 45.3 Å². The number of carbonyl (C=O) groups is 1. The molecule has 0 bridgehead atoms. The number of amides is 1. The number of thiophene rings is 1. The number of anilines is 1. The molecule has 1 aromatic heterocycles. The van der Waals surface area contributed by atoms with Gasteiger partial charge < -0.3 is 10.1 Å². The van der Waals surface area contributed by atoms with E-state index in [4.69, 9.17) is 16.3 Å². The number of carbonyl (C=O) groups excluding carboxylic acids is 1. The van der Waals surface area contributed by atoms with Gasteiger partial charge in [0.2, 0.25) is 0 Å². The van der Waals surface area contributed by atoms with Gasteiger partial charge in [0.15, 0.2) is 0 Å². The van der Waals surface area contributed by atoms with E-state index in [2.05, 4.69) is 17.4 Å². The minimum atomic E-state index is -0.146. The van der Waals surface area contributed by atoms with Crippen LogP contribution in [0.5, 0.6) is 5.75 Å². The van der Waals surface area contributed by atoms with Gasteiger partial charge in [-0.15, -0.1) is 11.3 Å². The van der Waals surface area contributed by atoms with Gasteiger partial charge in [0.1, 0.15) is 12.4 Å². The Bertz CT molecular complexity index is 1150. The summed E-state index contributed by atoms with van der Waals surface area (Å²) >= 11 is 7.42. The molecule has 4 rings (SSSR count). The molecule has 0 fully saturated rings. The van der Waals surface area contributed by atoms with Crippen LogP contribution in [0.25, 0.3) is 10.8 Å². The number of hydrogen-bond donors (Lipinski definition) is 1. The van der Waals surface area contributed by atoms with Gasteiger partial charge in [-0.25, -0.2) is 0 Å². The zero-order valence-corrected chi connectivity index (χ0v) is 16.8. The number of hydrogen-bond acceptors (Lipinski definition) is 3. The summed E-state index contributed by atoms with van der Waals surface area (Å²) in [5.41, 5.74) is 2.65. The third-order valence-electron chi connectivity index (χ3n) is 4.45. The molecule has 0 unspecified atom stereocenters. The topological polar surface area (TPSA) is 38.3 Å². The van der Waals surface area contributed by atoms with Crippen molar-refractivity contribution in [2.75, 3.05) is 5.32 Å². The molecule has 3 aromatic carbocycles. The van der Waals surface area contributed by atoms with Crippen LogP contribution in [0.15, 0.2) is 72.1 Å². The van der Waals surface area contributed by atoms with Gasteiger partial charge in [0.25, 0.3) is 5.91 Å². The average molecular weight is 408 g/mol. The molecule has 0 saturated carbocycles. The number of halogens is 1. The van der Waals surface area contributed by atoms with Gasteiger partial charge in [0.05, 0.1) is 4.88 Å². The summed E-state index contributed by atoms with van der Waals surface area (Å²) in [5, 5.41) is 7.78. The second kappa shape index (κ2) is 8.05. The Kier molecular flexibility index (Phi) is 5.33. The minimum absolute atomic E-state index is 0.146. The van der Waals surface area contributed by atoms with Crippen LogP contribution in [0, 0.1) is 6.92 Å². The van der Waals surface area contributed by atoms with E-state index in [0.717, 1.165) is 28.0 Å². The van der Waals surface area contributed by atoms with Gasteiger partial charge in [-0.3, -0.25) is 4.79 Å². The predicted molar refractivity (Wildman–Crippen MR) is 117 cm³/mol. The maximum absolute atomic E-state index is 12.5. The standard InChI is InChI=1S/C23H18ClNO2S/c1-15-6-8-19(24)12-21(15)25-23(26)22-10-16(14-28-22)13-27-20-9-7-17-4-2-3-5-18(17)11-20/h2-12,14H,13H2,1H3,(H,25,26). The van der Waals surface area contributed by atoms with Crippen molar-refractivity contribution in [2.24, 2.45) is 0 Å². The Morgan fingerprint density at radius 3 is 2.71 bits per heavy atom. The maximum atomic E-state index is 12.5. The van der Waals surface area contributed by atoms with Gasteiger partial charge in [-0.1, -0.05) is 48.0 Å². The second-order valence-electron chi connectivity index (χ2n) is 6.53. The summed E-state index contributed by atoms with van der Waals surface area (Å²) in [5.74, 6) is 0.665. The fourth-order valence-corrected chi connectivity index (χ4v) is 3.87. The van der Waals surface area contributed by atoms with Crippen LogP contribution in [-0.4, -0.2) is 5.91 Å². The van der Waals surface area contributed by atoms with E-state index < -0.39 is 0 Å². The van der Waals surface area contributed by atoms with E-state index in [0.29, 0.717) is 16.5 Å². The Balaban J connectivity index is 1.42. The molecule has 1 amide bonds. The van der Waals surface area contributed by atoms with Crippen molar-refractivity contribution in [1.29, 1.82) is 0 Å². The van der Waals surface area contributed by atoms with E-state index >= 15 is 0 Å². The Labute approximate surface area is 172 Å². The van der Waals surface area contributed by atoms with Crippen LogP contribution in [-0.2, 0) is 6.61 Å². The van der Waals surface area contributed by atoms with Crippen molar-refractivity contribution < 1.29 is 9.53 Å².